The van der Waals surface area contributed by atoms with Crippen molar-refractivity contribution in [2.24, 2.45) is 5.41 Å². The molecule has 3 aromatic carbocycles. The van der Waals surface area contributed by atoms with Crippen LogP contribution in [0.1, 0.15) is 27.2 Å². The Labute approximate surface area is 160 Å². The summed E-state index contributed by atoms with van der Waals surface area (Å²) in [6.45, 7) is 6.67. The van der Waals surface area contributed by atoms with E-state index in [1.165, 1.54) is 51.4 Å². The van der Waals surface area contributed by atoms with Crippen molar-refractivity contribution in [3.63, 3.8) is 0 Å². The predicted molar refractivity (Wildman–Crippen MR) is 104 cm³/mol. The van der Waals surface area contributed by atoms with Crippen molar-refractivity contribution in [1.82, 2.24) is 0 Å². The van der Waals surface area contributed by atoms with Gasteiger partial charge in [0.15, 0.2) is 0 Å². The van der Waals surface area contributed by atoms with Crippen molar-refractivity contribution in [2.75, 3.05) is 0 Å². The number of hydrogen-bond donors (Lipinski definition) is 0. The van der Waals surface area contributed by atoms with E-state index in [1.54, 1.807) is 0 Å². The van der Waals surface area contributed by atoms with Crippen LogP contribution in [-0.2, 0) is 24.2 Å². The standard InChI is InChI=1S/C13H9.C9H13.CH2.Zr/c1-3-7-12-10(5-1)9-11-6-2-4-8-13(11)12;1-9(2,3)8-6-4-5-7-8;;/h1-9H;6-7H,4H2,1-3H3;1H2;/q2*-1;;+2. The van der Waals surface area contributed by atoms with E-state index in [2.05, 4.69) is 97.8 Å². The van der Waals surface area contributed by atoms with Crippen molar-refractivity contribution < 1.29 is 24.2 Å². The summed E-state index contributed by atoms with van der Waals surface area (Å²) < 4.78 is 3.34. The van der Waals surface area contributed by atoms with Gasteiger partial charge in [-0.15, -0.1) is 46.2 Å². The van der Waals surface area contributed by atoms with Gasteiger partial charge >= 0.3 is 28.4 Å². The predicted octanol–water partition coefficient (Wildman–Crippen LogP) is 6.40. The Balaban J connectivity index is 0.000000167. The molecule has 0 saturated carbocycles. The van der Waals surface area contributed by atoms with Gasteiger partial charge in [0.25, 0.3) is 0 Å². The Morgan fingerprint density at radius 3 is 1.79 bits per heavy atom. The number of rotatable bonds is 0. The smallest absolute Gasteiger partial charge is 0.0771 e. The molecule has 0 amide bonds. The first kappa shape index (κ1) is 18.9. The molecule has 0 saturated heterocycles. The summed E-state index contributed by atoms with van der Waals surface area (Å²) in [6, 6.07) is 19.3. The van der Waals surface area contributed by atoms with E-state index in [9.17, 15) is 0 Å². The molecule has 0 aromatic heterocycles. The van der Waals surface area contributed by atoms with Crippen LogP contribution >= 0.6 is 0 Å². The van der Waals surface area contributed by atoms with Crippen molar-refractivity contribution in [3.8, 4) is 0 Å². The van der Waals surface area contributed by atoms with Crippen LogP contribution in [0, 0.1) is 11.5 Å². The Hall–Kier alpha value is -1.46. The zero-order chi connectivity index (χ0) is 17.6. The molecule has 0 fully saturated rings. The zero-order valence-electron chi connectivity index (χ0n) is 14.8. The van der Waals surface area contributed by atoms with E-state index >= 15 is 0 Å². The molecule has 1 aliphatic carbocycles. The monoisotopic (exact) mass is 390 g/mol. The largest absolute Gasteiger partial charge is 0.126 e. The van der Waals surface area contributed by atoms with E-state index in [0.29, 0.717) is 5.41 Å². The second-order valence-electron chi connectivity index (χ2n) is 6.78. The molecule has 1 aliphatic rings. The molecule has 3 aromatic rings. The summed E-state index contributed by atoms with van der Waals surface area (Å²) in [5, 5.41) is 5.39. The molecule has 0 unspecified atom stereocenters. The summed E-state index contributed by atoms with van der Waals surface area (Å²) in [5.41, 5.74) is 1.74. The molecule has 0 spiro atoms. The molecule has 0 bridgehead atoms. The van der Waals surface area contributed by atoms with Crippen molar-refractivity contribution >= 4 is 25.8 Å². The maximum Gasteiger partial charge on any atom is -0.0771 e. The van der Waals surface area contributed by atoms with E-state index in [1.807, 2.05) is 0 Å². The molecular formula is C23H24Zr. The van der Waals surface area contributed by atoms with E-state index < -0.39 is 0 Å². The normalized spacial score (nSPS) is 13.1. The topological polar surface area (TPSA) is 0 Å². The molecule has 0 atom stereocenters. The summed E-state index contributed by atoms with van der Waals surface area (Å²) >= 11 is 1.30. The molecular weight excluding hydrogens is 367 g/mol. The Bertz CT molecular complexity index is 806. The number of allylic oxidation sites excluding steroid dienone is 4. The van der Waals surface area contributed by atoms with Gasteiger partial charge in [0, 0.05) is 0 Å². The maximum atomic E-state index is 3.34. The van der Waals surface area contributed by atoms with Crippen LogP contribution < -0.4 is 0 Å². The third-order valence-electron chi connectivity index (χ3n) is 4.09. The van der Waals surface area contributed by atoms with Crippen LogP contribution in [0.5, 0.6) is 0 Å². The van der Waals surface area contributed by atoms with Crippen molar-refractivity contribution in [3.05, 3.63) is 78.4 Å². The molecule has 4 rings (SSSR count). The van der Waals surface area contributed by atoms with Crippen molar-refractivity contribution in [1.29, 1.82) is 0 Å². The third-order valence-corrected chi connectivity index (χ3v) is 4.09. The first-order chi connectivity index (χ1) is 11.6. The van der Waals surface area contributed by atoms with Gasteiger partial charge in [-0.3, -0.25) is 6.08 Å². The Kier molecular flexibility index (Phi) is 6.75. The quantitative estimate of drug-likeness (QED) is 0.389. The number of fused-ring (bicyclic) bond motifs is 3. The molecule has 1 heteroatoms. The second-order valence-corrected chi connectivity index (χ2v) is 6.78. The number of benzene rings is 2. The van der Waals surface area contributed by atoms with Crippen LogP contribution in [0.25, 0.3) is 21.5 Å². The first-order valence-corrected chi connectivity index (χ1v) is 9.95. The third kappa shape index (κ3) is 4.55. The second kappa shape index (κ2) is 8.58. The van der Waals surface area contributed by atoms with Gasteiger partial charge in [0.2, 0.25) is 0 Å². The molecule has 0 nitrogen and oxygen atoms in total. The van der Waals surface area contributed by atoms with Crippen LogP contribution in [0.3, 0.4) is 0 Å². The summed E-state index contributed by atoms with van der Waals surface area (Å²) in [6.07, 6.45) is 8.50. The van der Waals surface area contributed by atoms with E-state index in [4.69, 9.17) is 0 Å². The number of hydrogen-bond acceptors (Lipinski definition) is 0. The van der Waals surface area contributed by atoms with Gasteiger partial charge in [-0.25, -0.2) is 6.08 Å². The van der Waals surface area contributed by atoms with Gasteiger partial charge < -0.3 is 0 Å². The van der Waals surface area contributed by atoms with Gasteiger partial charge in [0.05, 0.1) is 0 Å². The fourth-order valence-electron chi connectivity index (χ4n) is 2.82. The first-order valence-electron chi connectivity index (χ1n) is 8.21. The van der Waals surface area contributed by atoms with Crippen LogP contribution in [0.15, 0.2) is 72.3 Å². The summed E-state index contributed by atoms with van der Waals surface area (Å²) in [4.78, 5) is 0. The molecule has 0 aliphatic heterocycles. The van der Waals surface area contributed by atoms with Crippen LogP contribution in [0.2, 0.25) is 0 Å². The van der Waals surface area contributed by atoms with Crippen LogP contribution in [-0.4, -0.2) is 4.21 Å². The molecule has 24 heavy (non-hydrogen) atoms. The molecule has 0 heterocycles. The zero-order valence-corrected chi connectivity index (χ0v) is 17.2. The Morgan fingerprint density at radius 1 is 0.917 bits per heavy atom. The fraction of sp³-hybridized carbons (Fsp3) is 0.217. The summed E-state index contributed by atoms with van der Waals surface area (Å²) in [5.74, 6) is 0. The molecule has 0 radical (unpaired) electrons. The fourth-order valence-corrected chi connectivity index (χ4v) is 2.82. The van der Waals surface area contributed by atoms with Gasteiger partial charge in [-0.05, 0) is 0 Å². The van der Waals surface area contributed by atoms with Crippen molar-refractivity contribution in [2.45, 2.75) is 27.2 Å². The maximum absolute atomic E-state index is 3.34. The van der Waals surface area contributed by atoms with Crippen LogP contribution in [0.4, 0.5) is 0 Å². The minimum Gasteiger partial charge on any atom is -0.126 e. The minimum atomic E-state index is 0.323. The average Bonchev–Trinajstić information content (AvgIpc) is 3.25. The minimum absolute atomic E-state index is 0.323. The van der Waals surface area contributed by atoms with E-state index in [-0.39, 0.29) is 0 Å². The summed E-state index contributed by atoms with van der Waals surface area (Å²) in [7, 11) is 0. The van der Waals surface area contributed by atoms with Gasteiger partial charge in [0.1, 0.15) is 0 Å². The van der Waals surface area contributed by atoms with Gasteiger partial charge in [-0.2, -0.15) is 11.6 Å². The SMILES string of the molecule is CC(C)(C)C1=CC[C-]=C1.[CH2]=[Zr+2].c1ccc2c(c1)[cH-]c1ccccc12. The molecule has 0 N–H and O–H groups in total. The Morgan fingerprint density at radius 2 is 1.42 bits per heavy atom. The van der Waals surface area contributed by atoms with Gasteiger partial charge in [-0.1, -0.05) is 62.6 Å². The van der Waals surface area contributed by atoms with E-state index in [0.717, 1.165) is 6.42 Å². The average molecular weight is 392 g/mol. The molecule has 120 valence electrons.